The molecular formula is C17H14FNO3S. The van der Waals surface area contributed by atoms with Crippen LogP contribution in [0.1, 0.15) is 11.3 Å². The molecule has 0 saturated carbocycles. The predicted molar refractivity (Wildman–Crippen MR) is 83.5 cm³/mol. The maximum Gasteiger partial charge on any atom is 0.206 e. The minimum Gasteiger partial charge on any atom is -0.458 e. The Labute approximate surface area is 132 Å². The van der Waals surface area contributed by atoms with Crippen LogP contribution < -0.4 is 5.32 Å². The van der Waals surface area contributed by atoms with E-state index in [9.17, 15) is 12.8 Å². The summed E-state index contributed by atoms with van der Waals surface area (Å²) in [5.74, 6) is 0.0818. The van der Waals surface area contributed by atoms with Gasteiger partial charge in [0.1, 0.15) is 5.76 Å². The summed E-state index contributed by atoms with van der Waals surface area (Å²) >= 11 is 0. The quantitative estimate of drug-likeness (QED) is 0.784. The lowest BCUT2D eigenvalue weighted by atomic mass is 10.1. The Hall–Kier alpha value is -2.18. The van der Waals surface area contributed by atoms with E-state index in [-0.39, 0.29) is 15.4 Å². The number of nitrogens with one attached hydrogen (secondary N) is 1. The summed E-state index contributed by atoms with van der Waals surface area (Å²) in [4.78, 5) is 0.0945. The molecule has 0 unspecified atom stereocenters. The van der Waals surface area contributed by atoms with Crippen LogP contribution in [0.3, 0.4) is 0 Å². The third kappa shape index (κ3) is 2.26. The molecule has 0 spiro atoms. The first-order valence-corrected chi connectivity index (χ1v) is 8.80. The lowest BCUT2D eigenvalue weighted by Gasteiger charge is -2.11. The second kappa shape index (κ2) is 5.18. The molecule has 1 aliphatic heterocycles. The van der Waals surface area contributed by atoms with Gasteiger partial charge in [0.25, 0.3) is 0 Å². The van der Waals surface area contributed by atoms with Gasteiger partial charge in [0.2, 0.25) is 9.84 Å². The molecule has 0 amide bonds. The van der Waals surface area contributed by atoms with E-state index >= 15 is 0 Å². The number of halogens is 1. The largest absolute Gasteiger partial charge is 0.458 e. The Balaban J connectivity index is 1.95. The molecule has 0 radical (unpaired) electrons. The Bertz CT molecular complexity index is 994. The Morgan fingerprint density at radius 1 is 1.09 bits per heavy atom. The highest BCUT2D eigenvalue weighted by Crippen LogP contribution is 2.33. The van der Waals surface area contributed by atoms with Crippen molar-refractivity contribution in [2.45, 2.75) is 22.8 Å². The molecule has 0 bridgehead atoms. The summed E-state index contributed by atoms with van der Waals surface area (Å²) in [5.41, 5.74) is 0.973. The number of hydrogen-bond donors (Lipinski definition) is 1. The molecule has 0 aliphatic carbocycles. The highest BCUT2D eigenvalue weighted by molar-refractivity contribution is 7.91. The van der Waals surface area contributed by atoms with Gasteiger partial charge >= 0.3 is 0 Å². The molecule has 118 valence electrons. The summed E-state index contributed by atoms with van der Waals surface area (Å²) in [5, 5.41) is 3.73. The zero-order valence-electron chi connectivity index (χ0n) is 12.2. The molecule has 0 fully saturated rings. The van der Waals surface area contributed by atoms with Gasteiger partial charge in [-0.1, -0.05) is 18.2 Å². The molecule has 0 saturated heterocycles. The van der Waals surface area contributed by atoms with Gasteiger partial charge < -0.3 is 9.73 Å². The van der Waals surface area contributed by atoms with Gasteiger partial charge in [-0.15, -0.1) is 0 Å². The van der Waals surface area contributed by atoms with Crippen molar-refractivity contribution in [3.63, 3.8) is 0 Å². The second-order valence-corrected chi connectivity index (χ2v) is 7.48. The molecule has 6 heteroatoms. The van der Waals surface area contributed by atoms with Gasteiger partial charge in [-0.05, 0) is 24.3 Å². The first-order chi connectivity index (χ1) is 11.1. The molecule has 2 heterocycles. The van der Waals surface area contributed by atoms with Crippen molar-refractivity contribution in [1.29, 1.82) is 0 Å². The van der Waals surface area contributed by atoms with Crippen LogP contribution in [-0.4, -0.2) is 15.0 Å². The monoisotopic (exact) mass is 331 g/mol. The van der Waals surface area contributed by atoms with Crippen LogP contribution in [-0.2, 0) is 22.8 Å². The zero-order chi connectivity index (χ0) is 16.0. The molecule has 1 N–H and O–H groups in total. The normalized spacial score (nSPS) is 14.8. The fraction of sp³-hybridized carbons (Fsp3) is 0.176. The van der Waals surface area contributed by atoms with Crippen LogP contribution in [0.4, 0.5) is 4.39 Å². The van der Waals surface area contributed by atoms with Crippen molar-refractivity contribution >= 4 is 20.8 Å². The number of hydrogen-bond acceptors (Lipinski definition) is 4. The van der Waals surface area contributed by atoms with Crippen LogP contribution in [0, 0.1) is 5.82 Å². The molecule has 23 heavy (non-hydrogen) atoms. The Morgan fingerprint density at radius 3 is 2.65 bits per heavy atom. The van der Waals surface area contributed by atoms with E-state index in [1.165, 1.54) is 18.2 Å². The lowest BCUT2D eigenvalue weighted by molar-refractivity contribution is 0.485. The van der Waals surface area contributed by atoms with Crippen molar-refractivity contribution < 1.29 is 17.2 Å². The zero-order valence-corrected chi connectivity index (χ0v) is 13.0. The first-order valence-electron chi connectivity index (χ1n) is 7.32. The maximum absolute atomic E-state index is 14.4. The molecule has 2 aromatic carbocycles. The number of furan rings is 1. The van der Waals surface area contributed by atoms with E-state index in [0.29, 0.717) is 18.4 Å². The van der Waals surface area contributed by atoms with Gasteiger partial charge in [-0.25, -0.2) is 12.8 Å². The molecule has 1 aromatic heterocycles. The SMILES string of the molecule is O=S(=O)(c1ccccc1)c1cc(F)c2oc3c(c2c1)CNCC3. The van der Waals surface area contributed by atoms with Crippen LogP contribution in [0.15, 0.2) is 56.7 Å². The van der Waals surface area contributed by atoms with E-state index in [2.05, 4.69) is 5.32 Å². The van der Waals surface area contributed by atoms with E-state index in [1.54, 1.807) is 18.2 Å². The standard InChI is InChI=1S/C17H14FNO3S/c18-15-9-12(23(20,21)11-4-2-1-3-5-11)8-13-14-10-19-7-6-16(14)22-17(13)15/h1-5,8-9,19H,6-7,10H2. The van der Waals surface area contributed by atoms with Gasteiger partial charge in [-0.3, -0.25) is 0 Å². The van der Waals surface area contributed by atoms with Gasteiger partial charge in [0.05, 0.1) is 9.79 Å². The number of benzene rings is 2. The van der Waals surface area contributed by atoms with Crippen molar-refractivity contribution in [2.75, 3.05) is 6.54 Å². The molecule has 4 rings (SSSR count). The molecule has 0 atom stereocenters. The third-order valence-corrected chi connectivity index (χ3v) is 5.85. The highest BCUT2D eigenvalue weighted by Gasteiger charge is 2.24. The van der Waals surface area contributed by atoms with E-state index in [4.69, 9.17) is 4.42 Å². The summed E-state index contributed by atoms with van der Waals surface area (Å²) < 4.78 is 45.4. The van der Waals surface area contributed by atoms with Crippen molar-refractivity contribution in [2.24, 2.45) is 0 Å². The van der Waals surface area contributed by atoms with Crippen LogP contribution in [0.25, 0.3) is 11.0 Å². The van der Waals surface area contributed by atoms with E-state index in [0.717, 1.165) is 23.9 Å². The smallest absolute Gasteiger partial charge is 0.206 e. The summed E-state index contributed by atoms with van der Waals surface area (Å²) in [6, 6.07) is 10.6. The van der Waals surface area contributed by atoms with Crippen molar-refractivity contribution in [3.05, 3.63) is 59.6 Å². The fourth-order valence-corrected chi connectivity index (χ4v) is 4.25. The summed E-state index contributed by atoms with van der Waals surface area (Å²) in [6.07, 6.45) is 0.671. The average Bonchev–Trinajstić information content (AvgIpc) is 2.95. The second-order valence-electron chi connectivity index (χ2n) is 5.53. The highest BCUT2D eigenvalue weighted by atomic mass is 32.2. The summed E-state index contributed by atoms with van der Waals surface area (Å²) in [7, 11) is -3.76. The minimum absolute atomic E-state index is 0.0529. The predicted octanol–water partition coefficient (Wildman–Crippen LogP) is 3.05. The van der Waals surface area contributed by atoms with E-state index in [1.807, 2.05) is 0 Å². The van der Waals surface area contributed by atoms with Crippen LogP contribution in [0.5, 0.6) is 0 Å². The number of sulfone groups is 1. The minimum atomic E-state index is -3.76. The first kappa shape index (κ1) is 14.4. The topological polar surface area (TPSA) is 59.3 Å². The van der Waals surface area contributed by atoms with Gasteiger partial charge in [0, 0.05) is 30.5 Å². The molecular weight excluding hydrogens is 317 g/mol. The third-order valence-electron chi connectivity index (χ3n) is 4.10. The maximum atomic E-state index is 14.4. The Kier molecular flexibility index (Phi) is 3.25. The van der Waals surface area contributed by atoms with Crippen LogP contribution in [0.2, 0.25) is 0 Å². The lowest BCUT2D eigenvalue weighted by Crippen LogP contribution is -2.22. The van der Waals surface area contributed by atoms with Crippen molar-refractivity contribution in [1.82, 2.24) is 5.32 Å². The van der Waals surface area contributed by atoms with Gasteiger partial charge in [-0.2, -0.15) is 0 Å². The summed E-state index contributed by atoms with van der Waals surface area (Å²) in [6.45, 7) is 1.32. The van der Waals surface area contributed by atoms with Crippen LogP contribution >= 0.6 is 0 Å². The van der Waals surface area contributed by atoms with E-state index < -0.39 is 15.7 Å². The van der Waals surface area contributed by atoms with Gasteiger partial charge in [0.15, 0.2) is 11.4 Å². The number of fused-ring (bicyclic) bond motifs is 3. The molecule has 1 aliphatic rings. The molecule has 3 aromatic rings. The molecule has 4 nitrogen and oxygen atoms in total. The number of rotatable bonds is 2. The average molecular weight is 331 g/mol. The fourth-order valence-electron chi connectivity index (χ4n) is 2.93. The van der Waals surface area contributed by atoms with Crippen molar-refractivity contribution in [3.8, 4) is 0 Å². The Morgan fingerprint density at radius 2 is 1.87 bits per heavy atom.